The smallest absolute Gasteiger partial charge is 0.184 e. The van der Waals surface area contributed by atoms with Gasteiger partial charge in [0.2, 0.25) is 0 Å². The fourth-order valence-corrected chi connectivity index (χ4v) is 2.71. The SMILES string of the molecule is NC(=S)NN=C(c1ccccc1)c1cccc(Cc2ccccc2)c1. The van der Waals surface area contributed by atoms with Crippen molar-refractivity contribution in [3.05, 3.63) is 107 Å². The van der Waals surface area contributed by atoms with Gasteiger partial charge in [-0.25, -0.2) is 0 Å². The Morgan fingerprint density at radius 2 is 1.40 bits per heavy atom. The maximum absolute atomic E-state index is 5.54. The molecule has 0 amide bonds. The molecular formula is C21H19N3S. The summed E-state index contributed by atoms with van der Waals surface area (Å²) in [6, 6.07) is 28.8. The summed E-state index contributed by atoms with van der Waals surface area (Å²) in [5.41, 5.74) is 13.6. The summed E-state index contributed by atoms with van der Waals surface area (Å²) < 4.78 is 0. The largest absolute Gasteiger partial charge is 0.375 e. The van der Waals surface area contributed by atoms with Gasteiger partial charge in [0, 0.05) is 11.1 Å². The predicted molar refractivity (Wildman–Crippen MR) is 108 cm³/mol. The van der Waals surface area contributed by atoms with E-state index in [1.54, 1.807) is 0 Å². The van der Waals surface area contributed by atoms with Crippen molar-refractivity contribution in [2.45, 2.75) is 6.42 Å². The van der Waals surface area contributed by atoms with Gasteiger partial charge >= 0.3 is 0 Å². The first-order valence-electron chi connectivity index (χ1n) is 8.04. The summed E-state index contributed by atoms with van der Waals surface area (Å²) >= 11 is 4.89. The predicted octanol–water partition coefficient (Wildman–Crippen LogP) is 3.86. The zero-order chi connectivity index (χ0) is 17.5. The molecule has 0 aromatic heterocycles. The van der Waals surface area contributed by atoms with E-state index in [1.165, 1.54) is 11.1 Å². The van der Waals surface area contributed by atoms with Crippen molar-refractivity contribution in [3.8, 4) is 0 Å². The van der Waals surface area contributed by atoms with Gasteiger partial charge in [0.25, 0.3) is 0 Å². The van der Waals surface area contributed by atoms with Gasteiger partial charge in [-0.2, -0.15) is 5.10 Å². The topological polar surface area (TPSA) is 50.4 Å². The van der Waals surface area contributed by atoms with Crippen LogP contribution in [0.4, 0.5) is 0 Å². The van der Waals surface area contributed by atoms with Crippen LogP contribution < -0.4 is 11.2 Å². The fraction of sp³-hybridized carbons (Fsp3) is 0.0476. The van der Waals surface area contributed by atoms with E-state index in [0.29, 0.717) is 0 Å². The Morgan fingerprint density at radius 1 is 0.800 bits per heavy atom. The second kappa shape index (κ2) is 8.22. The summed E-state index contributed by atoms with van der Waals surface area (Å²) in [5.74, 6) is 0. The minimum Gasteiger partial charge on any atom is -0.375 e. The van der Waals surface area contributed by atoms with Crippen molar-refractivity contribution in [1.82, 2.24) is 5.43 Å². The Bertz CT molecular complexity index is 874. The molecule has 0 saturated carbocycles. The van der Waals surface area contributed by atoms with E-state index in [2.05, 4.69) is 46.9 Å². The van der Waals surface area contributed by atoms with Gasteiger partial charge in [0.05, 0.1) is 5.71 Å². The molecule has 3 aromatic rings. The molecule has 0 radical (unpaired) electrons. The molecule has 3 nitrogen and oxygen atoms in total. The molecule has 124 valence electrons. The van der Waals surface area contributed by atoms with E-state index in [-0.39, 0.29) is 5.11 Å². The van der Waals surface area contributed by atoms with E-state index in [9.17, 15) is 0 Å². The summed E-state index contributed by atoms with van der Waals surface area (Å²) in [7, 11) is 0. The number of benzene rings is 3. The first-order valence-corrected chi connectivity index (χ1v) is 8.45. The second-order valence-corrected chi connectivity index (χ2v) is 6.11. The Kier molecular flexibility index (Phi) is 5.54. The van der Waals surface area contributed by atoms with Gasteiger partial charge in [0.1, 0.15) is 0 Å². The van der Waals surface area contributed by atoms with E-state index in [1.807, 2.05) is 48.5 Å². The average molecular weight is 345 g/mol. The van der Waals surface area contributed by atoms with Gasteiger partial charge in [-0.05, 0) is 35.8 Å². The zero-order valence-corrected chi connectivity index (χ0v) is 14.5. The van der Waals surface area contributed by atoms with Crippen molar-refractivity contribution < 1.29 is 0 Å². The van der Waals surface area contributed by atoms with Gasteiger partial charge in [-0.1, -0.05) is 78.9 Å². The van der Waals surface area contributed by atoms with Gasteiger partial charge in [-0.15, -0.1) is 0 Å². The lowest BCUT2D eigenvalue weighted by Crippen LogP contribution is -2.26. The highest BCUT2D eigenvalue weighted by atomic mass is 32.1. The van der Waals surface area contributed by atoms with E-state index in [4.69, 9.17) is 18.0 Å². The highest BCUT2D eigenvalue weighted by molar-refractivity contribution is 7.80. The molecule has 0 fully saturated rings. The Morgan fingerprint density at radius 3 is 2.08 bits per heavy atom. The number of nitrogens with two attached hydrogens (primary N) is 1. The van der Waals surface area contributed by atoms with Crippen LogP contribution in [0, 0.1) is 0 Å². The summed E-state index contributed by atoms with van der Waals surface area (Å²) in [5, 5.41) is 4.56. The number of hydrazone groups is 1. The molecule has 0 aliphatic carbocycles. The molecule has 0 spiro atoms. The van der Waals surface area contributed by atoms with Crippen LogP contribution in [0.2, 0.25) is 0 Å². The number of nitrogens with zero attached hydrogens (tertiary/aromatic N) is 1. The van der Waals surface area contributed by atoms with Crippen molar-refractivity contribution >= 4 is 23.0 Å². The third-order valence-electron chi connectivity index (χ3n) is 3.78. The first-order chi connectivity index (χ1) is 12.2. The zero-order valence-electron chi connectivity index (χ0n) is 13.7. The average Bonchev–Trinajstić information content (AvgIpc) is 2.64. The van der Waals surface area contributed by atoms with E-state index >= 15 is 0 Å². The molecule has 0 aliphatic rings. The number of nitrogens with one attached hydrogen (secondary N) is 1. The molecule has 3 rings (SSSR count). The molecule has 25 heavy (non-hydrogen) atoms. The third kappa shape index (κ3) is 4.75. The van der Waals surface area contributed by atoms with Crippen LogP contribution >= 0.6 is 12.2 Å². The Hall–Kier alpha value is -2.98. The third-order valence-corrected chi connectivity index (χ3v) is 3.87. The van der Waals surface area contributed by atoms with Crippen LogP contribution in [0.5, 0.6) is 0 Å². The van der Waals surface area contributed by atoms with Crippen molar-refractivity contribution in [2.75, 3.05) is 0 Å². The Balaban J connectivity index is 1.95. The van der Waals surface area contributed by atoms with Crippen LogP contribution in [0.3, 0.4) is 0 Å². The van der Waals surface area contributed by atoms with Crippen LogP contribution in [-0.2, 0) is 6.42 Å². The first kappa shape index (κ1) is 16.9. The molecule has 4 heteroatoms. The maximum atomic E-state index is 5.54. The monoisotopic (exact) mass is 345 g/mol. The number of rotatable bonds is 5. The van der Waals surface area contributed by atoms with Crippen LogP contribution in [0.1, 0.15) is 22.3 Å². The quantitative estimate of drug-likeness (QED) is 0.419. The van der Waals surface area contributed by atoms with Crippen LogP contribution in [0.15, 0.2) is 90.0 Å². The summed E-state index contributed by atoms with van der Waals surface area (Å²) in [6.07, 6.45) is 0.874. The molecule has 0 unspecified atom stereocenters. The number of thiocarbonyl (C=S) groups is 1. The molecular weight excluding hydrogens is 326 g/mol. The van der Waals surface area contributed by atoms with Gasteiger partial charge < -0.3 is 5.73 Å². The van der Waals surface area contributed by atoms with E-state index < -0.39 is 0 Å². The van der Waals surface area contributed by atoms with E-state index in [0.717, 1.165) is 23.3 Å². The molecule has 0 heterocycles. The lowest BCUT2D eigenvalue weighted by molar-refractivity contribution is 1.03. The molecule has 0 bridgehead atoms. The van der Waals surface area contributed by atoms with Gasteiger partial charge in [-0.3, -0.25) is 5.43 Å². The minimum absolute atomic E-state index is 0.147. The van der Waals surface area contributed by atoms with Crippen molar-refractivity contribution in [1.29, 1.82) is 0 Å². The highest BCUT2D eigenvalue weighted by Gasteiger charge is 2.08. The summed E-state index contributed by atoms with van der Waals surface area (Å²) in [4.78, 5) is 0. The number of hydrogen-bond acceptors (Lipinski definition) is 2. The molecule has 3 aromatic carbocycles. The lowest BCUT2D eigenvalue weighted by Gasteiger charge is -2.10. The fourth-order valence-electron chi connectivity index (χ4n) is 2.66. The van der Waals surface area contributed by atoms with Gasteiger partial charge in [0.15, 0.2) is 5.11 Å². The minimum atomic E-state index is 0.147. The second-order valence-electron chi connectivity index (χ2n) is 5.67. The normalized spacial score (nSPS) is 11.1. The number of hydrogen-bond donors (Lipinski definition) is 2. The maximum Gasteiger partial charge on any atom is 0.184 e. The molecule has 0 atom stereocenters. The highest BCUT2D eigenvalue weighted by Crippen LogP contribution is 2.15. The standard InChI is InChI=1S/C21H19N3S/c22-21(25)24-23-20(18-11-5-2-6-12-18)19-13-7-10-17(15-19)14-16-8-3-1-4-9-16/h1-13,15H,14H2,(H3,22,24,25). The molecule has 0 aliphatic heterocycles. The van der Waals surface area contributed by atoms with Crippen molar-refractivity contribution in [2.24, 2.45) is 10.8 Å². The van der Waals surface area contributed by atoms with Crippen LogP contribution in [-0.4, -0.2) is 10.8 Å². The van der Waals surface area contributed by atoms with Crippen LogP contribution in [0.25, 0.3) is 0 Å². The molecule has 3 N–H and O–H groups in total. The summed E-state index contributed by atoms with van der Waals surface area (Å²) in [6.45, 7) is 0. The Labute approximate surface area is 153 Å². The molecule has 0 saturated heterocycles. The van der Waals surface area contributed by atoms with Crippen molar-refractivity contribution in [3.63, 3.8) is 0 Å². The lowest BCUT2D eigenvalue weighted by atomic mass is 9.98.